The first-order valence-electron chi connectivity index (χ1n) is 9.33. The first-order valence-corrected chi connectivity index (χ1v) is 9.33. The van der Waals surface area contributed by atoms with Crippen molar-refractivity contribution in [3.05, 3.63) is 66.0 Å². The van der Waals surface area contributed by atoms with Gasteiger partial charge in [0.25, 0.3) is 0 Å². The van der Waals surface area contributed by atoms with Gasteiger partial charge in [-0.15, -0.1) is 0 Å². The fourth-order valence-electron chi connectivity index (χ4n) is 3.84. The predicted octanol–water partition coefficient (Wildman–Crippen LogP) is 3.70. The van der Waals surface area contributed by atoms with Gasteiger partial charge in [0.1, 0.15) is 5.82 Å². The smallest absolute Gasteiger partial charge is 0.223 e. The van der Waals surface area contributed by atoms with Crippen LogP contribution in [0, 0.1) is 0 Å². The molecule has 27 heavy (non-hydrogen) atoms. The number of fused-ring (bicyclic) bond motifs is 1. The second-order valence-corrected chi connectivity index (χ2v) is 7.28. The zero-order chi connectivity index (χ0) is 19.0. The Morgan fingerprint density at radius 2 is 1.85 bits per heavy atom. The van der Waals surface area contributed by atoms with Gasteiger partial charge >= 0.3 is 0 Å². The Morgan fingerprint density at radius 1 is 1.15 bits per heavy atom. The Hall–Kier alpha value is -2.95. The number of amides is 1. The summed E-state index contributed by atoms with van der Waals surface area (Å²) in [5.41, 5.74) is 2.94. The van der Waals surface area contributed by atoms with Crippen molar-refractivity contribution in [1.29, 1.82) is 0 Å². The minimum Gasteiger partial charge on any atom is -0.338 e. The first kappa shape index (κ1) is 17.5. The monoisotopic (exact) mass is 361 g/mol. The van der Waals surface area contributed by atoms with Crippen LogP contribution in [0.3, 0.4) is 0 Å². The van der Waals surface area contributed by atoms with E-state index in [1.165, 1.54) is 0 Å². The quantitative estimate of drug-likeness (QED) is 0.696. The van der Waals surface area contributed by atoms with Crippen molar-refractivity contribution in [1.82, 2.24) is 14.5 Å². The highest BCUT2D eigenvalue weighted by molar-refractivity contribution is 5.85. The number of likely N-dealkylation sites (tertiary alicyclic amines) is 1. The van der Waals surface area contributed by atoms with Gasteiger partial charge in [-0.05, 0) is 31.5 Å². The van der Waals surface area contributed by atoms with Crippen LogP contribution in [0.15, 0.2) is 54.6 Å². The van der Waals surface area contributed by atoms with Gasteiger partial charge in [0.2, 0.25) is 5.91 Å². The lowest BCUT2D eigenvalue weighted by Gasteiger charge is -2.19. The van der Waals surface area contributed by atoms with Crippen molar-refractivity contribution >= 4 is 22.7 Å². The van der Waals surface area contributed by atoms with Crippen molar-refractivity contribution in [3.8, 4) is 0 Å². The molecule has 2 atom stereocenters. The average Bonchev–Trinajstić information content (AvgIpc) is 3.22. The Labute approximate surface area is 158 Å². The van der Waals surface area contributed by atoms with Crippen LogP contribution in [0.2, 0.25) is 0 Å². The van der Waals surface area contributed by atoms with Crippen LogP contribution in [0.1, 0.15) is 43.6 Å². The number of para-hydroxylation sites is 2. The third-order valence-electron chi connectivity index (χ3n) is 5.39. The number of aromatic nitrogens is 2. The van der Waals surface area contributed by atoms with Gasteiger partial charge in [-0.1, -0.05) is 42.5 Å². The Balaban J connectivity index is 1.67. The van der Waals surface area contributed by atoms with E-state index < -0.39 is 0 Å². The van der Waals surface area contributed by atoms with Crippen LogP contribution in [0.25, 0.3) is 11.0 Å². The van der Waals surface area contributed by atoms with E-state index in [0.717, 1.165) is 22.4 Å². The number of ketones is 1. The third-order valence-corrected chi connectivity index (χ3v) is 5.39. The summed E-state index contributed by atoms with van der Waals surface area (Å²) in [6.07, 6.45) is 0.431. The molecule has 1 amide bonds. The van der Waals surface area contributed by atoms with E-state index in [9.17, 15) is 9.59 Å². The summed E-state index contributed by atoms with van der Waals surface area (Å²) >= 11 is 0. The highest BCUT2D eigenvalue weighted by Gasteiger charge is 2.35. The molecule has 3 aromatic rings. The fraction of sp³-hybridized carbons (Fsp3) is 0.318. The van der Waals surface area contributed by atoms with Crippen molar-refractivity contribution in [2.75, 3.05) is 6.54 Å². The van der Waals surface area contributed by atoms with E-state index in [0.29, 0.717) is 19.5 Å². The topological polar surface area (TPSA) is 55.2 Å². The molecule has 0 saturated carbocycles. The molecule has 0 bridgehead atoms. The fourth-order valence-corrected chi connectivity index (χ4v) is 3.84. The molecule has 1 saturated heterocycles. The molecule has 138 valence electrons. The van der Waals surface area contributed by atoms with Gasteiger partial charge in [-0.2, -0.15) is 0 Å². The number of hydrogen-bond acceptors (Lipinski definition) is 3. The Kier molecular flexibility index (Phi) is 4.52. The minimum atomic E-state index is -0.300. The molecule has 5 heteroatoms. The summed E-state index contributed by atoms with van der Waals surface area (Å²) in [5.74, 6) is 1.06. The molecule has 1 aliphatic heterocycles. The molecule has 0 radical (unpaired) electrons. The summed E-state index contributed by atoms with van der Waals surface area (Å²) in [7, 11) is 0. The van der Waals surface area contributed by atoms with Crippen LogP contribution in [-0.4, -0.2) is 32.7 Å². The van der Waals surface area contributed by atoms with Crippen LogP contribution in [0.4, 0.5) is 0 Å². The molecular weight excluding hydrogens is 338 g/mol. The van der Waals surface area contributed by atoms with Gasteiger partial charge in [-0.3, -0.25) is 9.59 Å². The number of hydrogen-bond donors (Lipinski definition) is 0. The van der Waals surface area contributed by atoms with Gasteiger partial charge in [-0.25, -0.2) is 4.98 Å². The number of carbonyl (C=O) groups is 2. The molecule has 2 unspecified atom stereocenters. The molecule has 1 fully saturated rings. The summed E-state index contributed by atoms with van der Waals surface area (Å²) in [6, 6.07) is 17.6. The molecule has 0 aliphatic carbocycles. The first-order chi connectivity index (χ1) is 13.0. The minimum absolute atomic E-state index is 0.00425. The number of carbonyl (C=O) groups excluding carboxylic acids is 2. The summed E-state index contributed by atoms with van der Waals surface area (Å²) in [4.78, 5) is 31.4. The summed E-state index contributed by atoms with van der Waals surface area (Å²) in [5, 5.41) is 0. The number of Topliss-reactive ketones (excluding diaryl/α,β-unsaturated/α-hetero) is 1. The summed E-state index contributed by atoms with van der Waals surface area (Å²) < 4.78 is 2.02. The lowest BCUT2D eigenvalue weighted by atomic mass is 10.1. The van der Waals surface area contributed by atoms with Gasteiger partial charge in [0.15, 0.2) is 5.78 Å². The van der Waals surface area contributed by atoms with Crippen molar-refractivity contribution in [2.45, 2.75) is 38.8 Å². The standard InChI is InChI=1S/C22H23N3O2/c1-15(16(2)26)25-20-11-7-6-10-19(20)23-22(25)18-12-21(27)24(14-18)13-17-8-4-3-5-9-17/h3-11,15,18H,12-14H2,1-2H3. The van der Waals surface area contributed by atoms with E-state index in [4.69, 9.17) is 4.98 Å². The second-order valence-electron chi connectivity index (χ2n) is 7.28. The Bertz CT molecular complexity index is 993. The van der Waals surface area contributed by atoms with Gasteiger partial charge in [0.05, 0.1) is 17.1 Å². The maximum Gasteiger partial charge on any atom is 0.223 e. The number of benzene rings is 2. The second kappa shape index (κ2) is 6.99. The average molecular weight is 361 g/mol. The summed E-state index contributed by atoms with van der Waals surface area (Å²) in [6.45, 7) is 4.74. The highest BCUT2D eigenvalue weighted by atomic mass is 16.2. The predicted molar refractivity (Wildman–Crippen MR) is 104 cm³/mol. The molecule has 2 aromatic carbocycles. The Morgan fingerprint density at radius 3 is 2.59 bits per heavy atom. The SMILES string of the molecule is CC(=O)C(C)n1c(C2CC(=O)N(Cc3ccccc3)C2)nc2ccccc21. The van der Waals surface area contributed by atoms with E-state index in [-0.39, 0.29) is 23.7 Å². The molecule has 2 heterocycles. The van der Waals surface area contributed by atoms with Gasteiger partial charge in [0, 0.05) is 25.4 Å². The lowest BCUT2D eigenvalue weighted by molar-refractivity contribution is -0.128. The molecule has 5 nitrogen and oxygen atoms in total. The zero-order valence-electron chi connectivity index (χ0n) is 15.6. The zero-order valence-corrected chi connectivity index (χ0v) is 15.6. The van der Waals surface area contributed by atoms with E-state index >= 15 is 0 Å². The van der Waals surface area contributed by atoms with E-state index in [2.05, 4.69) is 0 Å². The maximum absolute atomic E-state index is 12.6. The molecule has 0 spiro atoms. The number of imidazole rings is 1. The van der Waals surface area contributed by atoms with Crippen LogP contribution >= 0.6 is 0 Å². The molecule has 1 aromatic heterocycles. The largest absolute Gasteiger partial charge is 0.338 e. The van der Waals surface area contributed by atoms with Gasteiger partial charge < -0.3 is 9.47 Å². The van der Waals surface area contributed by atoms with Crippen LogP contribution in [0.5, 0.6) is 0 Å². The van der Waals surface area contributed by atoms with E-state index in [1.54, 1.807) is 6.92 Å². The number of rotatable bonds is 5. The van der Waals surface area contributed by atoms with Crippen LogP contribution < -0.4 is 0 Å². The molecular formula is C22H23N3O2. The number of nitrogens with zero attached hydrogens (tertiary/aromatic N) is 3. The highest BCUT2D eigenvalue weighted by Crippen LogP contribution is 2.33. The molecule has 0 N–H and O–H groups in total. The molecule has 1 aliphatic rings. The normalized spacial score (nSPS) is 18.2. The van der Waals surface area contributed by atoms with Crippen molar-refractivity contribution < 1.29 is 9.59 Å². The molecule has 4 rings (SSSR count). The van der Waals surface area contributed by atoms with Crippen molar-refractivity contribution in [3.63, 3.8) is 0 Å². The van der Waals surface area contributed by atoms with E-state index in [1.807, 2.05) is 71.0 Å². The third kappa shape index (κ3) is 3.25. The van der Waals surface area contributed by atoms with Crippen LogP contribution in [-0.2, 0) is 16.1 Å². The van der Waals surface area contributed by atoms with Crippen molar-refractivity contribution in [2.24, 2.45) is 0 Å². The lowest BCUT2D eigenvalue weighted by Crippen LogP contribution is -2.25. The maximum atomic E-state index is 12.6.